The molecular formula is C21H24F3N4O2P. The number of aliphatic hydroxyl groups excluding tert-OH is 1. The number of fused-ring (bicyclic) bond motifs is 1. The van der Waals surface area contributed by atoms with Crippen molar-refractivity contribution in [2.45, 2.75) is 44.0 Å². The van der Waals surface area contributed by atoms with E-state index in [-0.39, 0.29) is 23.2 Å². The quantitative estimate of drug-likeness (QED) is 0.503. The SMILES string of the molecule is CP(C)(=O)c1cccc2c(-c3nc(N[C@H]4CCCC[C@@H]4O)ncc3C(F)(F)F)c[nH]c12. The largest absolute Gasteiger partial charge is 0.419 e. The first-order valence-electron chi connectivity index (χ1n) is 10.1. The predicted molar refractivity (Wildman–Crippen MR) is 115 cm³/mol. The van der Waals surface area contributed by atoms with Crippen molar-refractivity contribution in [3.05, 3.63) is 36.2 Å². The lowest BCUT2D eigenvalue weighted by atomic mass is 9.93. The van der Waals surface area contributed by atoms with Gasteiger partial charge in [0, 0.05) is 28.6 Å². The summed E-state index contributed by atoms with van der Waals surface area (Å²) in [7, 11) is -2.65. The van der Waals surface area contributed by atoms with Crippen LogP contribution in [-0.2, 0) is 10.7 Å². The average molecular weight is 452 g/mol. The monoisotopic (exact) mass is 452 g/mol. The number of hydrogen-bond acceptors (Lipinski definition) is 5. The number of nitrogens with one attached hydrogen (secondary N) is 2. The Bertz CT molecular complexity index is 1160. The highest BCUT2D eigenvalue weighted by Crippen LogP contribution is 2.42. The summed E-state index contributed by atoms with van der Waals surface area (Å²) in [6.45, 7) is 3.23. The summed E-state index contributed by atoms with van der Waals surface area (Å²) < 4.78 is 53.9. The fraction of sp³-hybridized carbons (Fsp3) is 0.429. The molecule has 31 heavy (non-hydrogen) atoms. The van der Waals surface area contributed by atoms with Gasteiger partial charge in [0.15, 0.2) is 0 Å². The molecule has 2 atom stereocenters. The van der Waals surface area contributed by atoms with Gasteiger partial charge in [-0.1, -0.05) is 25.0 Å². The molecule has 2 aromatic heterocycles. The van der Waals surface area contributed by atoms with Gasteiger partial charge in [-0.25, -0.2) is 9.97 Å². The van der Waals surface area contributed by atoms with Crippen molar-refractivity contribution in [3.63, 3.8) is 0 Å². The summed E-state index contributed by atoms with van der Waals surface area (Å²) in [6.07, 6.45) is 0.139. The molecule has 4 rings (SSSR count). The summed E-state index contributed by atoms with van der Waals surface area (Å²) in [5.74, 6) is 0.0381. The number of rotatable bonds is 4. The van der Waals surface area contributed by atoms with Gasteiger partial charge in [-0.2, -0.15) is 13.2 Å². The van der Waals surface area contributed by atoms with Crippen LogP contribution in [0.1, 0.15) is 31.2 Å². The van der Waals surface area contributed by atoms with Crippen molar-refractivity contribution in [2.75, 3.05) is 18.6 Å². The Morgan fingerprint density at radius 1 is 1.23 bits per heavy atom. The Morgan fingerprint density at radius 2 is 1.97 bits per heavy atom. The van der Waals surface area contributed by atoms with Crippen LogP contribution < -0.4 is 10.6 Å². The number of H-pyrrole nitrogens is 1. The first-order chi connectivity index (χ1) is 14.6. The zero-order valence-electron chi connectivity index (χ0n) is 17.2. The highest BCUT2D eigenvalue weighted by Gasteiger charge is 2.36. The minimum Gasteiger partial charge on any atom is -0.391 e. The Labute approximate surface area is 177 Å². The number of alkyl halides is 3. The summed E-state index contributed by atoms with van der Waals surface area (Å²) >= 11 is 0. The van der Waals surface area contributed by atoms with Crippen LogP contribution in [0.5, 0.6) is 0 Å². The number of aromatic amines is 1. The molecule has 1 fully saturated rings. The van der Waals surface area contributed by atoms with E-state index in [2.05, 4.69) is 20.3 Å². The normalized spacial score (nSPS) is 20.2. The van der Waals surface area contributed by atoms with Gasteiger partial charge < -0.3 is 20.0 Å². The van der Waals surface area contributed by atoms with Crippen molar-refractivity contribution in [2.24, 2.45) is 0 Å². The molecule has 0 aliphatic heterocycles. The van der Waals surface area contributed by atoms with E-state index in [1.807, 2.05) is 0 Å². The van der Waals surface area contributed by atoms with Crippen LogP contribution in [0, 0.1) is 0 Å². The first-order valence-corrected chi connectivity index (χ1v) is 12.7. The lowest BCUT2D eigenvalue weighted by Crippen LogP contribution is -2.37. The molecule has 1 saturated carbocycles. The third-order valence-corrected chi connectivity index (χ3v) is 7.20. The van der Waals surface area contributed by atoms with E-state index < -0.39 is 25.0 Å². The van der Waals surface area contributed by atoms with Gasteiger partial charge in [0.05, 0.1) is 23.4 Å². The van der Waals surface area contributed by atoms with Crippen molar-refractivity contribution in [3.8, 4) is 11.3 Å². The van der Waals surface area contributed by atoms with E-state index in [4.69, 9.17) is 0 Å². The van der Waals surface area contributed by atoms with Crippen LogP contribution >= 0.6 is 7.14 Å². The van der Waals surface area contributed by atoms with Gasteiger partial charge in [-0.3, -0.25) is 0 Å². The number of para-hydroxylation sites is 1. The summed E-state index contributed by atoms with van der Waals surface area (Å²) in [5.41, 5.74) is -0.424. The van der Waals surface area contributed by atoms with Crippen LogP contribution in [0.15, 0.2) is 30.6 Å². The lowest BCUT2D eigenvalue weighted by molar-refractivity contribution is -0.137. The Balaban J connectivity index is 1.84. The number of anilines is 1. The van der Waals surface area contributed by atoms with Crippen LogP contribution in [0.25, 0.3) is 22.2 Å². The number of halogens is 3. The number of hydrogen-bond donors (Lipinski definition) is 3. The molecular weight excluding hydrogens is 428 g/mol. The molecule has 2 heterocycles. The maximum Gasteiger partial charge on any atom is 0.419 e. The Kier molecular flexibility index (Phi) is 5.60. The summed E-state index contributed by atoms with van der Waals surface area (Å²) in [5, 5.41) is 14.3. The summed E-state index contributed by atoms with van der Waals surface area (Å²) in [4.78, 5) is 11.1. The molecule has 1 aliphatic carbocycles. The maximum atomic E-state index is 13.8. The first kappa shape index (κ1) is 21.8. The molecule has 166 valence electrons. The number of aliphatic hydroxyl groups is 1. The van der Waals surface area contributed by atoms with Gasteiger partial charge in [0.1, 0.15) is 12.7 Å². The van der Waals surface area contributed by atoms with Crippen LogP contribution in [0.2, 0.25) is 0 Å². The predicted octanol–water partition coefficient (Wildman–Crippen LogP) is 4.61. The molecule has 0 saturated heterocycles. The van der Waals surface area contributed by atoms with E-state index in [0.29, 0.717) is 29.0 Å². The molecule has 0 unspecified atom stereocenters. The van der Waals surface area contributed by atoms with Crippen molar-refractivity contribution in [1.82, 2.24) is 15.0 Å². The second-order valence-corrected chi connectivity index (χ2v) is 11.5. The zero-order chi connectivity index (χ0) is 22.4. The fourth-order valence-electron chi connectivity index (χ4n) is 4.09. The van der Waals surface area contributed by atoms with Crippen molar-refractivity contribution in [1.29, 1.82) is 0 Å². The zero-order valence-corrected chi connectivity index (χ0v) is 18.1. The van der Waals surface area contributed by atoms with E-state index >= 15 is 0 Å². The smallest absolute Gasteiger partial charge is 0.391 e. The molecule has 0 radical (unpaired) electrons. The Morgan fingerprint density at radius 3 is 2.65 bits per heavy atom. The standard InChI is InChI=1S/C21H24F3N4O2P/c1-31(2,30)17-9-5-6-12-13(10-25-19(12)17)18-14(21(22,23)24)11-26-20(28-18)27-15-7-3-4-8-16(15)29/h5-6,9-11,15-16,25,29H,3-4,7-8H2,1-2H3,(H,26,27,28)/t15-,16-/m0/s1. The summed E-state index contributed by atoms with van der Waals surface area (Å²) in [6, 6.07) is 4.77. The van der Waals surface area contributed by atoms with E-state index in [1.165, 1.54) is 6.20 Å². The fourth-order valence-corrected chi connectivity index (χ4v) is 5.26. The van der Waals surface area contributed by atoms with Gasteiger partial charge in [-0.15, -0.1) is 0 Å². The topological polar surface area (TPSA) is 90.9 Å². The van der Waals surface area contributed by atoms with Gasteiger partial charge >= 0.3 is 6.18 Å². The molecule has 6 nitrogen and oxygen atoms in total. The molecule has 10 heteroatoms. The third kappa shape index (κ3) is 4.34. The maximum absolute atomic E-state index is 13.8. The molecule has 3 aromatic rings. The molecule has 0 amide bonds. The van der Waals surface area contributed by atoms with Crippen LogP contribution in [0.3, 0.4) is 0 Å². The van der Waals surface area contributed by atoms with Crippen LogP contribution in [-0.4, -0.2) is 45.5 Å². The third-order valence-electron chi connectivity index (χ3n) is 5.67. The molecule has 0 bridgehead atoms. The minimum atomic E-state index is -4.65. The number of benzene rings is 1. The van der Waals surface area contributed by atoms with Crippen LogP contribution in [0.4, 0.5) is 19.1 Å². The van der Waals surface area contributed by atoms with Crippen molar-refractivity contribution < 1.29 is 22.8 Å². The molecule has 1 aliphatic rings. The average Bonchev–Trinajstić information content (AvgIpc) is 3.12. The van der Waals surface area contributed by atoms with Gasteiger partial charge in [0.2, 0.25) is 5.95 Å². The van der Waals surface area contributed by atoms with E-state index in [0.717, 1.165) is 19.0 Å². The van der Waals surface area contributed by atoms with E-state index in [9.17, 15) is 22.8 Å². The highest BCUT2D eigenvalue weighted by molar-refractivity contribution is 7.70. The van der Waals surface area contributed by atoms with E-state index in [1.54, 1.807) is 31.5 Å². The second-order valence-electron chi connectivity index (χ2n) is 8.31. The molecule has 1 aromatic carbocycles. The number of nitrogens with zero attached hydrogens (tertiary/aromatic N) is 2. The number of aromatic nitrogens is 3. The minimum absolute atomic E-state index is 0.0381. The van der Waals surface area contributed by atoms with Crippen molar-refractivity contribution >= 4 is 29.3 Å². The second kappa shape index (κ2) is 7.95. The molecule has 0 spiro atoms. The Hall–Kier alpha value is -2.38. The van der Waals surface area contributed by atoms with Gasteiger partial charge in [-0.05, 0) is 32.2 Å². The highest BCUT2D eigenvalue weighted by atomic mass is 31.2. The lowest BCUT2D eigenvalue weighted by Gasteiger charge is -2.28. The molecule has 3 N–H and O–H groups in total. The van der Waals surface area contributed by atoms with Gasteiger partial charge in [0.25, 0.3) is 0 Å².